The van der Waals surface area contributed by atoms with E-state index in [0.717, 1.165) is 44.2 Å². The SMILES string of the molecule is Cc1sc2c(NC[C@@H](N)Cc3ccccc3)nc(-c3ccncc3)nc2c1-c1ccn[nH]1. The Balaban J connectivity index is 1.53. The molecule has 0 saturated carbocycles. The van der Waals surface area contributed by atoms with Gasteiger partial charge in [-0.25, -0.2) is 9.97 Å². The number of hydrogen-bond donors (Lipinski definition) is 3. The Labute approximate surface area is 189 Å². The molecule has 0 spiro atoms. The van der Waals surface area contributed by atoms with Crippen molar-refractivity contribution in [2.75, 3.05) is 11.9 Å². The fourth-order valence-corrected chi connectivity index (χ4v) is 4.84. The minimum absolute atomic E-state index is 0.0417. The first kappa shape index (κ1) is 20.3. The largest absolute Gasteiger partial charge is 0.367 e. The van der Waals surface area contributed by atoms with Crippen LogP contribution in [0.3, 0.4) is 0 Å². The molecular weight excluding hydrogens is 418 g/mol. The Morgan fingerprint density at radius 3 is 2.59 bits per heavy atom. The zero-order chi connectivity index (χ0) is 21.9. The van der Waals surface area contributed by atoms with Gasteiger partial charge in [0, 0.05) is 47.2 Å². The van der Waals surface area contributed by atoms with Crippen molar-refractivity contribution in [2.45, 2.75) is 19.4 Å². The lowest BCUT2D eigenvalue weighted by atomic mass is 10.1. The molecule has 5 rings (SSSR count). The third-order valence-corrected chi connectivity index (χ3v) is 6.39. The summed E-state index contributed by atoms with van der Waals surface area (Å²) in [6, 6.07) is 16.1. The Morgan fingerprint density at radius 1 is 1.03 bits per heavy atom. The van der Waals surface area contributed by atoms with Gasteiger partial charge >= 0.3 is 0 Å². The van der Waals surface area contributed by atoms with Crippen molar-refractivity contribution < 1.29 is 0 Å². The topological polar surface area (TPSA) is 105 Å². The average Bonchev–Trinajstić information content (AvgIpc) is 3.45. The van der Waals surface area contributed by atoms with E-state index < -0.39 is 0 Å². The lowest BCUT2D eigenvalue weighted by Gasteiger charge is -2.14. The van der Waals surface area contributed by atoms with Crippen molar-refractivity contribution in [3.63, 3.8) is 0 Å². The summed E-state index contributed by atoms with van der Waals surface area (Å²) in [5.41, 5.74) is 11.5. The van der Waals surface area contributed by atoms with Gasteiger partial charge in [0.25, 0.3) is 0 Å². The fourth-order valence-electron chi connectivity index (χ4n) is 3.77. The minimum atomic E-state index is -0.0417. The molecule has 0 unspecified atom stereocenters. The molecule has 1 atom stereocenters. The van der Waals surface area contributed by atoms with Crippen molar-refractivity contribution in [2.24, 2.45) is 5.73 Å². The molecule has 5 aromatic rings. The Kier molecular flexibility index (Phi) is 5.62. The highest BCUT2D eigenvalue weighted by Crippen LogP contribution is 2.40. The van der Waals surface area contributed by atoms with Crippen molar-refractivity contribution in [1.29, 1.82) is 0 Å². The van der Waals surface area contributed by atoms with E-state index >= 15 is 0 Å². The van der Waals surface area contributed by atoms with E-state index in [1.807, 2.05) is 36.4 Å². The third kappa shape index (κ3) is 4.10. The van der Waals surface area contributed by atoms with Crippen LogP contribution in [0.5, 0.6) is 0 Å². The maximum Gasteiger partial charge on any atom is 0.162 e. The Bertz CT molecular complexity index is 1320. The zero-order valence-corrected chi connectivity index (χ0v) is 18.4. The van der Waals surface area contributed by atoms with E-state index in [1.54, 1.807) is 29.9 Å². The number of aryl methyl sites for hydroxylation is 1. The maximum atomic E-state index is 6.44. The lowest BCUT2D eigenvalue weighted by molar-refractivity contribution is 0.698. The van der Waals surface area contributed by atoms with Crippen LogP contribution in [-0.2, 0) is 6.42 Å². The van der Waals surface area contributed by atoms with Crippen LogP contribution in [0, 0.1) is 6.92 Å². The fraction of sp³-hybridized carbons (Fsp3) is 0.167. The van der Waals surface area contributed by atoms with Gasteiger partial charge in [-0.1, -0.05) is 30.3 Å². The van der Waals surface area contributed by atoms with Crippen LogP contribution in [0.1, 0.15) is 10.4 Å². The number of pyridine rings is 1. The number of thiophene rings is 1. The van der Waals surface area contributed by atoms with E-state index in [0.29, 0.717) is 12.4 Å². The number of nitrogens with one attached hydrogen (secondary N) is 2. The number of anilines is 1. The van der Waals surface area contributed by atoms with Gasteiger partial charge < -0.3 is 11.1 Å². The van der Waals surface area contributed by atoms with E-state index in [4.69, 9.17) is 15.7 Å². The van der Waals surface area contributed by atoms with Gasteiger partial charge in [0.15, 0.2) is 5.82 Å². The quantitative estimate of drug-likeness (QED) is 0.345. The van der Waals surface area contributed by atoms with Gasteiger partial charge in [0.2, 0.25) is 0 Å². The number of aromatic nitrogens is 5. The van der Waals surface area contributed by atoms with Crippen molar-refractivity contribution >= 4 is 27.4 Å². The van der Waals surface area contributed by atoms with Gasteiger partial charge in [0.1, 0.15) is 5.82 Å². The van der Waals surface area contributed by atoms with Crippen LogP contribution in [0.15, 0.2) is 67.1 Å². The molecule has 8 heteroatoms. The highest BCUT2D eigenvalue weighted by atomic mass is 32.1. The summed E-state index contributed by atoms with van der Waals surface area (Å²) < 4.78 is 1.01. The highest BCUT2D eigenvalue weighted by molar-refractivity contribution is 7.20. The summed E-state index contributed by atoms with van der Waals surface area (Å²) in [7, 11) is 0. The number of nitrogens with zero attached hydrogens (tertiary/aromatic N) is 4. The van der Waals surface area contributed by atoms with Gasteiger partial charge in [-0.15, -0.1) is 11.3 Å². The average molecular weight is 442 g/mol. The maximum absolute atomic E-state index is 6.44. The molecule has 4 heterocycles. The molecule has 0 bridgehead atoms. The molecule has 32 heavy (non-hydrogen) atoms. The molecule has 7 nitrogen and oxygen atoms in total. The second-order valence-corrected chi connectivity index (χ2v) is 8.87. The second kappa shape index (κ2) is 8.86. The number of fused-ring (bicyclic) bond motifs is 1. The number of nitrogens with two attached hydrogens (primary N) is 1. The molecule has 0 amide bonds. The normalized spacial score (nSPS) is 12.2. The zero-order valence-electron chi connectivity index (χ0n) is 17.6. The smallest absolute Gasteiger partial charge is 0.162 e. The first-order valence-corrected chi connectivity index (χ1v) is 11.3. The molecule has 0 radical (unpaired) electrons. The first-order chi connectivity index (χ1) is 15.7. The van der Waals surface area contributed by atoms with Crippen LogP contribution in [0.25, 0.3) is 32.9 Å². The molecule has 0 aliphatic carbocycles. The molecule has 0 saturated heterocycles. The van der Waals surface area contributed by atoms with Gasteiger partial charge in [-0.05, 0) is 37.1 Å². The minimum Gasteiger partial charge on any atom is -0.367 e. The van der Waals surface area contributed by atoms with Gasteiger partial charge in [-0.2, -0.15) is 5.10 Å². The van der Waals surface area contributed by atoms with E-state index in [9.17, 15) is 0 Å². The summed E-state index contributed by atoms with van der Waals surface area (Å²) in [5.74, 6) is 1.45. The molecule has 1 aromatic carbocycles. The van der Waals surface area contributed by atoms with Crippen molar-refractivity contribution in [3.8, 4) is 22.6 Å². The molecule has 4 N–H and O–H groups in total. The van der Waals surface area contributed by atoms with Crippen LogP contribution in [0.2, 0.25) is 0 Å². The standard InChI is InChI=1S/C24H23N7S/c1-15-20(19-9-12-28-31-19)21-22(32-15)24(30-23(29-21)17-7-10-26-11-8-17)27-14-18(25)13-16-5-3-2-4-6-16/h2-12,18H,13-14,25H2,1H3,(H,28,31)(H,27,29,30)/t18-/m0/s1. The van der Waals surface area contributed by atoms with E-state index in [2.05, 4.69) is 39.6 Å². The first-order valence-electron chi connectivity index (χ1n) is 10.4. The monoisotopic (exact) mass is 441 g/mol. The lowest BCUT2D eigenvalue weighted by Crippen LogP contribution is -2.31. The summed E-state index contributed by atoms with van der Waals surface area (Å²) >= 11 is 1.67. The molecule has 0 fully saturated rings. The molecular formula is C24H23N7S. The summed E-state index contributed by atoms with van der Waals surface area (Å²) in [5, 5.41) is 10.7. The van der Waals surface area contributed by atoms with Crippen LogP contribution in [0.4, 0.5) is 5.82 Å². The Hall–Kier alpha value is -3.62. The van der Waals surface area contributed by atoms with Crippen LogP contribution < -0.4 is 11.1 Å². The predicted octanol–water partition coefficient (Wildman–Crippen LogP) is 4.43. The second-order valence-electron chi connectivity index (χ2n) is 7.64. The van der Waals surface area contributed by atoms with Crippen molar-refractivity contribution in [3.05, 3.63) is 77.6 Å². The third-order valence-electron chi connectivity index (χ3n) is 5.29. The number of aromatic amines is 1. The van der Waals surface area contributed by atoms with Gasteiger partial charge in [0.05, 0.1) is 15.9 Å². The van der Waals surface area contributed by atoms with E-state index in [1.165, 1.54) is 5.56 Å². The molecule has 4 aromatic heterocycles. The summed E-state index contributed by atoms with van der Waals surface area (Å²) in [6.45, 7) is 2.70. The predicted molar refractivity (Wildman–Crippen MR) is 130 cm³/mol. The number of benzene rings is 1. The van der Waals surface area contributed by atoms with Crippen molar-refractivity contribution in [1.82, 2.24) is 25.1 Å². The molecule has 0 aliphatic heterocycles. The molecule has 0 aliphatic rings. The van der Waals surface area contributed by atoms with E-state index in [-0.39, 0.29) is 6.04 Å². The summed E-state index contributed by atoms with van der Waals surface area (Å²) in [6.07, 6.45) is 6.05. The highest BCUT2D eigenvalue weighted by Gasteiger charge is 2.20. The van der Waals surface area contributed by atoms with Gasteiger partial charge in [-0.3, -0.25) is 10.1 Å². The summed E-state index contributed by atoms with van der Waals surface area (Å²) in [4.78, 5) is 15.1. The number of rotatable bonds is 7. The number of hydrogen-bond acceptors (Lipinski definition) is 7. The van der Waals surface area contributed by atoms with Crippen LogP contribution >= 0.6 is 11.3 Å². The molecule has 160 valence electrons. The van der Waals surface area contributed by atoms with Crippen LogP contribution in [-0.4, -0.2) is 37.7 Å². The Morgan fingerprint density at radius 2 is 1.84 bits per heavy atom. The number of H-pyrrole nitrogens is 1.